The van der Waals surface area contributed by atoms with Crippen molar-refractivity contribution in [3.63, 3.8) is 0 Å². The van der Waals surface area contributed by atoms with Gasteiger partial charge in [0.2, 0.25) is 5.91 Å². The van der Waals surface area contributed by atoms with Gasteiger partial charge in [-0.3, -0.25) is 9.59 Å². The van der Waals surface area contributed by atoms with E-state index in [0.29, 0.717) is 18.8 Å². The summed E-state index contributed by atoms with van der Waals surface area (Å²) in [5.41, 5.74) is 0.840. The zero-order valence-corrected chi connectivity index (χ0v) is 17.8. The molecule has 0 aliphatic carbocycles. The van der Waals surface area contributed by atoms with Crippen molar-refractivity contribution < 1.29 is 14.3 Å². The molecule has 2 N–H and O–H groups in total. The van der Waals surface area contributed by atoms with E-state index < -0.39 is 6.10 Å². The smallest absolute Gasteiger partial charge is 0.263 e. The Balaban J connectivity index is 1.61. The molecule has 1 aromatic carbocycles. The molecule has 156 valence electrons. The van der Waals surface area contributed by atoms with Crippen LogP contribution in [0.5, 0.6) is 5.75 Å². The number of nitrogens with zero attached hydrogens (tertiary/aromatic N) is 1. The van der Waals surface area contributed by atoms with E-state index in [4.69, 9.17) is 4.74 Å². The van der Waals surface area contributed by atoms with Gasteiger partial charge in [0.1, 0.15) is 5.75 Å². The van der Waals surface area contributed by atoms with Crippen LogP contribution in [0.15, 0.2) is 41.8 Å². The lowest BCUT2D eigenvalue weighted by atomic mass is 10.1. The summed E-state index contributed by atoms with van der Waals surface area (Å²) in [5.74, 6) is 0.448. The predicted octanol–water partition coefficient (Wildman–Crippen LogP) is 2.98. The fourth-order valence-electron chi connectivity index (χ4n) is 3.39. The van der Waals surface area contributed by atoms with Crippen molar-refractivity contribution in [1.82, 2.24) is 10.6 Å². The van der Waals surface area contributed by atoms with Crippen LogP contribution < -0.4 is 20.3 Å². The van der Waals surface area contributed by atoms with Gasteiger partial charge >= 0.3 is 0 Å². The number of hydrogen-bond acceptors (Lipinski definition) is 5. The van der Waals surface area contributed by atoms with Crippen LogP contribution >= 0.6 is 11.3 Å². The molecule has 0 bridgehead atoms. The number of anilines is 1. The van der Waals surface area contributed by atoms with E-state index >= 15 is 0 Å². The van der Waals surface area contributed by atoms with E-state index in [9.17, 15) is 9.59 Å². The number of hydrogen-bond donors (Lipinski definition) is 2. The molecule has 1 aliphatic heterocycles. The Labute approximate surface area is 176 Å². The lowest BCUT2D eigenvalue weighted by Gasteiger charge is -2.35. The van der Waals surface area contributed by atoms with Gasteiger partial charge < -0.3 is 20.3 Å². The van der Waals surface area contributed by atoms with E-state index in [0.717, 1.165) is 24.9 Å². The quantitative estimate of drug-likeness (QED) is 0.661. The number of amides is 2. The highest BCUT2D eigenvalue weighted by Gasteiger charge is 2.32. The van der Waals surface area contributed by atoms with Crippen LogP contribution in [0.1, 0.15) is 31.6 Å². The summed E-state index contributed by atoms with van der Waals surface area (Å²) in [7, 11) is 0. The second kappa shape index (κ2) is 10.3. The number of ether oxygens (including phenoxy) is 1. The van der Waals surface area contributed by atoms with Gasteiger partial charge in [0.15, 0.2) is 6.10 Å². The van der Waals surface area contributed by atoms with Crippen LogP contribution in [-0.2, 0) is 16.0 Å². The lowest BCUT2D eigenvalue weighted by Crippen LogP contribution is -2.52. The maximum atomic E-state index is 12.7. The molecular formula is C22H29N3O3S. The Morgan fingerprint density at radius 1 is 1.21 bits per heavy atom. The van der Waals surface area contributed by atoms with Crippen molar-refractivity contribution in [1.29, 1.82) is 0 Å². The minimum atomic E-state index is -0.635. The summed E-state index contributed by atoms with van der Waals surface area (Å²) in [6, 6.07) is 11.8. The third-order valence-corrected chi connectivity index (χ3v) is 6.03. The van der Waals surface area contributed by atoms with Crippen molar-refractivity contribution >= 4 is 28.8 Å². The van der Waals surface area contributed by atoms with Gasteiger partial charge in [-0.05, 0) is 42.8 Å². The lowest BCUT2D eigenvalue weighted by molar-refractivity contribution is -0.129. The summed E-state index contributed by atoms with van der Waals surface area (Å²) < 4.78 is 5.94. The average molecular weight is 416 g/mol. The van der Waals surface area contributed by atoms with Crippen LogP contribution in [0.25, 0.3) is 0 Å². The number of carbonyl (C=O) groups excluding carboxylic acids is 2. The van der Waals surface area contributed by atoms with Crippen LogP contribution in [0, 0.1) is 0 Å². The number of para-hydroxylation sites is 2. The van der Waals surface area contributed by atoms with Gasteiger partial charge in [-0.1, -0.05) is 32.0 Å². The molecule has 0 saturated heterocycles. The normalized spacial score (nSPS) is 15.6. The van der Waals surface area contributed by atoms with Crippen LogP contribution in [0.2, 0.25) is 0 Å². The standard InChI is InChI=1S/C22H29N3O3S/c1-3-16(4-2)24-22(27)20-14-25(18-9-5-6-10-19(18)28-20)15-21(26)23-12-11-17-8-7-13-29-17/h5-10,13,16,20H,3-4,11-12,14-15H2,1-2H3,(H,23,26)(H,24,27). The monoisotopic (exact) mass is 415 g/mol. The van der Waals surface area contributed by atoms with Crippen molar-refractivity contribution in [2.45, 2.75) is 45.3 Å². The first-order chi connectivity index (χ1) is 14.1. The molecule has 0 saturated carbocycles. The molecule has 2 amide bonds. The Morgan fingerprint density at radius 3 is 2.72 bits per heavy atom. The molecule has 2 aromatic rings. The second-order valence-corrected chi connectivity index (χ2v) is 8.19. The highest BCUT2D eigenvalue weighted by molar-refractivity contribution is 7.09. The zero-order valence-electron chi connectivity index (χ0n) is 17.0. The molecule has 0 fully saturated rings. The van der Waals surface area contributed by atoms with E-state index in [1.54, 1.807) is 11.3 Å². The number of thiophene rings is 1. The molecule has 0 spiro atoms. The maximum Gasteiger partial charge on any atom is 0.263 e. The molecule has 2 heterocycles. The maximum absolute atomic E-state index is 12.7. The van der Waals surface area contributed by atoms with Gasteiger partial charge in [0.05, 0.1) is 18.8 Å². The third kappa shape index (κ3) is 5.73. The van der Waals surface area contributed by atoms with Gasteiger partial charge in [0.25, 0.3) is 5.91 Å². The van der Waals surface area contributed by atoms with Gasteiger partial charge in [0, 0.05) is 17.5 Å². The Morgan fingerprint density at radius 2 is 2.00 bits per heavy atom. The van der Waals surface area contributed by atoms with E-state index in [-0.39, 0.29) is 24.4 Å². The van der Waals surface area contributed by atoms with Gasteiger partial charge in [-0.2, -0.15) is 0 Å². The SMILES string of the molecule is CCC(CC)NC(=O)C1CN(CC(=O)NCCc2cccs2)c2ccccc2O1. The molecule has 3 rings (SSSR count). The number of rotatable bonds is 9. The first kappa shape index (κ1) is 21.2. The number of fused-ring (bicyclic) bond motifs is 1. The highest BCUT2D eigenvalue weighted by atomic mass is 32.1. The Bertz CT molecular complexity index is 805. The zero-order chi connectivity index (χ0) is 20.6. The minimum absolute atomic E-state index is 0.0580. The predicted molar refractivity (Wildman–Crippen MR) is 117 cm³/mol. The summed E-state index contributed by atoms with van der Waals surface area (Å²) in [6.07, 6.45) is 1.94. The summed E-state index contributed by atoms with van der Waals surface area (Å²) >= 11 is 1.69. The fourth-order valence-corrected chi connectivity index (χ4v) is 4.10. The summed E-state index contributed by atoms with van der Waals surface area (Å²) in [4.78, 5) is 28.4. The topological polar surface area (TPSA) is 70.7 Å². The van der Waals surface area contributed by atoms with Crippen LogP contribution in [0.3, 0.4) is 0 Å². The fraction of sp³-hybridized carbons (Fsp3) is 0.455. The minimum Gasteiger partial charge on any atom is -0.477 e. The first-order valence-electron chi connectivity index (χ1n) is 10.2. The number of benzene rings is 1. The molecule has 1 aliphatic rings. The molecule has 7 heteroatoms. The summed E-state index contributed by atoms with van der Waals surface area (Å²) in [6.45, 7) is 5.25. The molecule has 1 atom stereocenters. The molecule has 1 unspecified atom stereocenters. The molecule has 6 nitrogen and oxygen atoms in total. The van der Waals surface area contributed by atoms with Crippen molar-refractivity contribution in [3.05, 3.63) is 46.7 Å². The van der Waals surface area contributed by atoms with Crippen LogP contribution in [-0.4, -0.2) is 43.6 Å². The Hall–Kier alpha value is -2.54. The van der Waals surface area contributed by atoms with Gasteiger partial charge in [-0.25, -0.2) is 0 Å². The van der Waals surface area contributed by atoms with Crippen LogP contribution in [0.4, 0.5) is 5.69 Å². The number of carbonyl (C=O) groups is 2. The Kier molecular flexibility index (Phi) is 7.52. The van der Waals surface area contributed by atoms with E-state index in [1.807, 2.05) is 40.6 Å². The molecule has 29 heavy (non-hydrogen) atoms. The summed E-state index contributed by atoms with van der Waals surface area (Å²) in [5, 5.41) is 8.07. The third-order valence-electron chi connectivity index (χ3n) is 5.09. The second-order valence-electron chi connectivity index (χ2n) is 7.16. The number of nitrogens with one attached hydrogen (secondary N) is 2. The van der Waals surface area contributed by atoms with Crippen molar-refractivity contribution in [2.75, 3.05) is 24.5 Å². The first-order valence-corrected chi connectivity index (χ1v) is 11.1. The van der Waals surface area contributed by atoms with Crippen molar-refractivity contribution in [2.24, 2.45) is 0 Å². The molecule has 0 radical (unpaired) electrons. The highest BCUT2D eigenvalue weighted by Crippen LogP contribution is 2.32. The van der Waals surface area contributed by atoms with E-state index in [1.165, 1.54) is 4.88 Å². The molecular weight excluding hydrogens is 386 g/mol. The average Bonchev–Trinajstić information content (AvgIpc) is 3.25. The van der Waals surface area contributed by atoms with Gasteiger partial charge in [-0.15, -0.1) is 11.3 Å². The largest absolute Gasteiger partial charge is 0.477 e. The van der Waals surface area contributed by atoms with E-state index in [2.05, 4.69) is 30.5 Å². The molecule has 1 aromatic heterocycles. The van der Waals surface area contributed by atoms with Crippen molar-refractivity contribution in [3.8, 4) is 5.75 Å².